The number of amides is 1. The number of hydrogen-bond acceptors (Lipinski definition) is 6. The number of anilines is 2. The van der Waals surface area contributed by atoms with Gasteiger partial charge >= 0.3 is 0 Å². The highest BCUT2D eigenvalue weighted by molar-refractivity contribution is 5.95. The molecule has 168 valence electrons. The Morgan fingerprint density at radius 2 is 2.03 bits per heavy atom. The molecule has 1 amide bonds. The van der Waals surface area contributed by atoms with Crippen LogP contribution in [0.15, 0.2) is 42.6 Å². The van der Waals surface area contributed by atoms with Gasteiger partial charge in [0.2, 0.25) is 0 Å². The second-order valence-corrected chi connectivity index (χ2v) is 8.23. The van der Waals surface area contributed by atoms with E-state index in [1.54, 1.807) is 0 Å². The molecule has 1 aromatic heterocycles. The van der Waals surface area contributed by atoms with Crippen LogP contribution in [0.3, 0.4) is 0 Å². The molecule has 7 nitrogen and oxygen atoms in total. The number of carbonyl (C=O) groups excluding carboxylic acids is 1. The summed E-state index contributed by atoms with van der Waals surface area (Å²) in [5.74, 6) is 1.47. The van der Waals surface area contributed by atoms with Crippen molar-refractivity contribution in [3.8, 4) is 5.75 Å². The van der Waals surface area contributed by atoms with Gasteiger partial charge in [0, 0.05) is 43.4 Å². The third kappa shape index (κ3) is 4.79. The van der Waals surface area contributed by atoms with Crippen molar-refractivity contribution < 1.29 is 9.53 Å². The van der Waals surface area contributed by atoms with Gasteiger partial charge in [-0.25, -0.2) is 9.97 Å². The molecule has 2 aromatic carbocycles. The van der Waals surface area contributed by atoms with Crippen LogP contribution in [0.4, 0.5) is 11.4 Å². The second-order valence-electron chi connectivity index (χ2n) is 8.23. The van der Waals surface area contributed by atoms with E-state index in [4.69, 9.17) is 4.74 Å². The Kier molecular flexibility index (Phi) is 6.77. The highest BCUT2D eigenvalue weighted by Crippen LogP contribution is 2.29. The molecule has 1 N–H and O–H groups in total. The average molecular weight is 454 g/mol. The third-order valence-corrected chi connectivity index (χ3v) is 6.05. The second kappa shape index (κ2) is 9.71. The van der Waals surface area contributed by atoms with E-state index in [1.807, 2.05) is 25.3 Å². The van der Waals surface area contributed by atoms with Crippen molar-refractivity contribution >= 4 is 40.6 Å². The lowest BCUT2D eigenvalue weighted by atomic mass is 10.1. The molecule has 0 saturated carbocycles. The molecule has 32 heavy (non-hydrogen) atoms. The molecule has 1 saturated heterocycles. The average Bonchev–Trinajstić information content (AvgIpc) is 3.02. The summed E-state index contributed by atoms with van der Waals surface area (Å²) in [5.41, 5.74) is 4.23. The van der Waals surface area contributed by atoms with Crippen LogP contribution in [0, 0.1) is 6.92 Å². The fourth-order valence-corrected chi connectivity index (χ4v) is 4.42. The smallest absolute Gasteiger partial charge is 0.262 e. The van der Waals surface area contributed by atoms with Gasteiger partial charge < -0.3 is 19.9 Å². The Labute approximate surface area is 194 Å². The van der Waals surface area contributed by atoms with Gasteiger partial charge in [-0.1, -0.05) is 12.1 Å². The summed E-state index contributed by atoms with van der Waals surface area (Å²) in [6.45, 7) is 7.15. The maximum absolute atomic E-state index is 11.6. The predicted octanol–water partition coefficient (Wildman–Crippen LogP) is 3.45. The zero-order chi connectivity index (χ0) is 21.2. The van der Waals surface area contributed by atoms with Crippen molar-refractivity contribution in [2.24, 2.45) is 0 Å². The molecule has 0 spiro atoms. The SMILES string of the molecule is Cc1ncc2c(N3CCCN(CCc4ccc5c(c4)NC(=O)CO5)CC3)cccc2n1.Cl. The topological polar surface area (TPSA) is 70.6 Å². The molecule has 0 aliphatic carbocycles. The zero-order valence-electron chi connectivity index (χ0n) is 18.2. The van der Waals surface area contributed by atoms with Gasteiger partial charge in [0.05, 0.1) is 11.2 Å². The lowest BCUT2D eigenvalue weighted by Gasteiger charge is -2.25. The molecule has 0 atom stereocenters. The van der Waals surface area contributed by atoms with Crippen molar-refractivity contribution in [2.75, 3.05) is 49.5 Å². The van der Waals surface area contributed by atoms with Crippen molar-refractivity contribution in [1.82, 2.24) is 14.9 Å². The van der Waals surface area contributed by atoms with Crippen LogP contribution >= 0.6 is 12.4 Å². The number of aromatic nitrogens is 2. The fourth-order valence-electron chi connectivity index (χ4n) is 4.42. The van der Waals surface area contributed by atoms with Gasteiger partial charge in [-0.15, -0.1) is 12.4 Å². The standard InChI is InChI=1S/C24H27N5O2.ClH/c1-17-25-15-19-20(26-17)4-2-5-22(19)29-10-3-9-28(12-13-29)11-8-18-6-7-23-21(14-18)27-24(30)16-31-23;/h2,4-7,14-15H,3,8-13,16H2,1H3,(H,27,30);1H. The Hall–Kier alpha value is -2.90. The van der Waals surface area contributed by atoms with E-state index in [1.165, 1.54) is 11.3 Å². The first-order chi connectivity index (χ1) is 15.2. The van der Waals surface area contributed by atoms with Crippen LogP contribution in [0.5, 0.6) is 5.75 Å². The molecule has 0 unspecified atom stereocenters. The summed E-state index contributed by atoms with van der Waals surface area (Å²) in [4.78, 5) is 25.6. The normalized spacial score (nSPS) is 16.5. The van der Waals surface area contributed by atoms with Crippen LogP contribution in [-0.2, 0) is 11.2 Å². The quantitative estimate of drug-likeness (QED) is 0.652. The molecule has 0 bridgehead atoms. The van der Waals surface area contributed by atoms with Crippen molar-refractivity contribution in [1.29, 1.82) is 0 Å². The molecular formula is C24H28ClN5O2. The molecule has 3 aromatic rings. The highest BCUT2D eigenvalue weighted by Gasteiger charge is 2.19. The summed E-state index contributed by atoms with van der Waals surface area (Å²) in [6, 6.07) is 12.4. The number of rotatable bonds is 4. The maximum atomic E-state index is 11.6. The van der Waals surface area contributed by atoms with Crippen LogP contribution in [0.2, 0.25) is 0 Å². The van der Waals surface area contributed by atoms with Gasteiger partial charge in [-0.3, -0.25) is 4.79 Å². The van der Waals surface area contributed by atoms with E-state index in [0.717, 1.165) is 73.7 Å². The van der Waals surface area contributed by atoms with Crippen LogP contribution in [0.1, 0.15) is 17.8 Å². The van der Waals surface area contributed by atoms with E-state index in [-0.39, 0.29) is 24.9 Å². The lowest BCUT2D eigenvalue weighted by Crippen LogP contribution is -2.32. The minimum atomic E-state index is -0.0914. The largest absolute Gasteiger partial charge is 0.482 e. The minimum absolute atomic E-state index is 0. The van der Waals surface area contributed by atoms with Gasteiger partial charge in [0.1, 0.15) is 11.6 Å². The molecule has 2 aliphatic rings. The van der Waals surface area contributed by atoms with Crippen LogP contribution in [-0.4, -0.2) is 60.1 Å². The molecular weight excluding hydrogens is 426 g/mol. The van der Waals surface area contributed by atoms with Crippen molar-refractivity contribution in [2.45, 2.75) is 19.8 Å². The number of carbonyl (C=O) groups is 1. The fraction of sp³-hybridized carbons (Fsp3) is 0.375. The summed E-state index contributed by atoms with van der Waals surface area (Å²) in [5, 5.41) is 4.02. The van der Waals surface area contributed by atoms with Gasteiger partial charge in [-0.2, -0.15) is 0 Å². The summed E-state index contributed by atoms with van der Waals surface area (Å²) < 4.78 is 5.46. The molecule has 3 heterocycles. The first-order valence-corrected chi connectivity index (χ1v) is 10.9. The number of nitrogens with zero attached hydrogens (tertiary/aromatic N) is 4. The molecule has 0 radical (unpaired) electrons. The lowest BCUT2D eigenvalue weighted by molar-refractivity contribution is -0.118. The number of halogens is 1. The highest BCUT2D eigenvalue weighted by atomic mass is 35.5. The van der Waals surface area contributed by atoms with E-state index >= 15 is 0 Å². The van der Waals surface area contributed by atoms with Crippen LogP contribution < -0.4 is 15.0 Å². The molecule has 2 aliphatic heterocycles. The van der Waals surface area contributed by atoms with Crippen molar-refractivity contribution in [3.63, 3.8) is 0 Å². The Bertz CT molecular complexity index is 1120. The third-order valence-electron chi connectivity index (χ3n) is 6.05. The predicted molar refractivity (Wildman–Crippen MR) is 129 cm³/mol. The first-order valence-electron chi connectivity index (χ1n) is 10.9. The zero-order valence-corrected chi connectivity index (χ0v) is 19.0. The number of ether oxygens (including phenoxy) is 1. The Morgan fingerprint density at radius 3 is 2.94 bits per heavy atom. The van der Waals surface area contributed by atoms with Crippen molar-refractivity contribution in [3.05, 3.63) is 54.0 Å². The van der Waals surface area contributed by atoms with E-state index < -0.39 is 0 Å². The van der Waals surface area contributed by atoms with E-state index in [9.17, 15) is 4.79 Å². The van der Waals surface area contributed by atoms with E-state index in [0.29, 0.717) is 0 Å². The van der Waals surface area contributed by atoms with Gasteiger partial charge in [-0.05, 0) is 56.1 Å². The number of aryl methyl sites for hydroxylation is 1. The Morgan fingerprint density at radius 1 is 1.12 bits per heavy atom. The monoisotopic (exact) mass is 453 g/mol. The maximum Gasteiger partial charge on any atom is 0.262 e. The summed E-state index contributed by atoms with van der Waals surface area (Å²) >= 11 is 0. The number of fused-ring (bicyclic) bond motifs is 2. The minimum Gasteiger partial charge on any atom is -0.482 e. The Balaban J connectivity index is 0.00000245. The van der Waals surface area contributed by atoms with Gasteiger partial charge in [0.15, 0.2) is 6.61 Å². The van der Waals surface area contributed by atoms with Crippen LogP contribution in [0.25, 0.3) is 10.9 Å². The molecule has 8 heteroatoms. The van der Waals surface area contributed by atoms with E-state index in [2.05, 4.69) is 49.4 Å². The number of benzene rings is 2. The first kappa shape index (κ1) is 22.3. The van der Waals surface area contributed by atoms with Gasteiger partial charge in [0.25, 0.3) is 5.91 Å². The summed E-state index contributed by atoms with van der Waals surface area (Å²) in [6.07, 6.45) is 4.02. The molecule has 1 fully saturated rings. The summed E-state index contributed by atoms with van der Waals surface area (Å²) in [7, 11) is 0. The number of nitrogens with one attached hydrogen (secondary N) is 1. The number of hydrogen-bond donors (Lipinski definition) is 1. The molecule has 5 rings (SSSR count).